The van der Waals surface area contributed by atoms with Crippen LogP contribution in [0.1, 0.15) is 65.2 Å². The van der Waals surface area contributed by atoms with E-state index in [1.54, 1.807) is 0 Å². The van der Waals surface area contributed by atoms with Gasteiger partial charge in [-0.25, -0.2) is 0 Å². The molecule has 0 spiro atoms. The highest BCUT2D eigenvalue weighted by molar-refractivity contribution is 4.90. The molecule has 2 saturated carbocycles. The summed E-state index contributed by atoms with van der Waals surface area (Å²) < 4.78 is 0. The lowest BCUT2D eigenvalue weighted by Gasteiger charge is -2.29. The van der Waals surface area contributed by atoms with E-state index >= 15 is 0 Å². The molecule has 0 saturated heterocycles. The van der Waals surface area contributed by atoms with E-state index in [1.807, 2.05) is 0 Å². The van der Waals surface area contributed by atoms with Crippen LogP contribution >= 0.6 is 0 Å². The summed E-state index contributed by atoms with van der Waals surface area (Å²) in [7, 11) is 0. The third-order valence-electron chi connectivity index (χ3n) is 4.65. The van der Waals surface area contributed by atoms with Crippen molar-refractivity contribution in [2.45, 2.75) is 77.3 Å². The summed E-state index contributed by atoms with van der Waals surface area (Å²) in [5.41, 5.74) is 0. The summed E-state index contributed by atoms with van der Waals surface area (Å²) in [6.45, 7) is 8.50. The topological polar surface area (TPSA) is 15.3 Å². The maximum absolute atomic E-state index is 3.78. The molecule has 2 unspecified atom stereocenters. The highest BCUT2D eigenvalue weighted by atomic mass is 15.2. The van der Waals surface area contributed by atoms with Gasteiger partial charge >= 0.3 is 0 Å². The zero-order chi connectivity index (χ0) is 12.8. The minimum atomic E-state index is 0.813. The van der Waals surface area contributed by atoms with Gasteiger partial charge < -0.3 is 10.2 Å². The first-order chi connectivity index (χ1) is 8.85. The van der Waals surface area contributed by atoms with Crippen molar-refractivity contribution in [2.75, 3.05) is 19.6 Å². The highest BCUT2D eigenvalue weighted by Gasteiger charge is 2.34. The van der Waals surface area contributed by atoms with Crippen LogP contribution in [-0.2, 0) is 0 Å². The first-order valence-corrected chi connectivity index (χ1v) is 8.32. The molecule has 18 heavy (non-hydrogen) atoms. The van der Waals surface area contributed by atoms with Gasteiger partial charge in [-0.15, -0.1) is 0 Å². The summed E-state index contributed by atoms with van der Waals surface area (Å²) in [6, 6.07) is 1.76. The van der Waals surface area contributed by atoms with Crippen LogP contribution in [0.5, 0.6) is 0 Å². The lowest BCUT2D eigenvalue weighted by atomic mass is 10.0. The molecule has 0 aliphatic heterocycles. The van der Waals surface area contributed by atoms with Gasteiger partial charge in [-0.1, -0.05) is 26.7 Å². The van der Waals surface area contributed by atoms with Crippen molar-refractivity contribution in [2.24, 2.45) is 5.92 Å². The molecule has 0 aromatic carbocycles. The molecule has 0 aromatic heterocycles. The number of nitrogens with zero attached hydrogens (tertiary/aromatic N) is 1. The molecule has 2 aliphatic carbocycles. The Bertz CT molecular complexity index is 225. The van der Waals surface area contributed by atoms with Gasteiger partial charge in [-0.3, -0.25) is 0 Å². The zero-order valence-corrected chi connectivity index (χ0v) is 12.5. The summed E-state index contributed by atoms with van der Waals surface area (Å²) in [4.78, 5) is 2.81. The van der Waals surface area contributed by atoms with Crippen LogP contribution in [0, 0.1) is 5.92 Å². The van der Waals surface area contributed by atoms with E-state index in [9.17, 15) is 0 Å². The molecule has 0 heterocycles. The van der Waals surface area contributed by atoms with E-state index in [0.29, 0.717) is 0 Å². The van der Waals surface area contributed by atoms with Crippen LogP contribution in [0.2, 0.25) is 0 Å². The first kappa shape index (κ1) is 14.3. The average molecular weight is 252 g/mol. The van der Waals surface area contributed by atoms with Crippen LogP contribution in [0.15, 0.2) is 0 Å². The Morgan fingerprint density at radius 1 is 1.06 bits per heavy atom. The summed E-state index contributed by atoms with van der Waals surface area (Å²) in [6.07, 6.45) is 11.2. The van der Waals surface area contributed by atoms with Crippen LogP contribution < -0.4 is 5.32 Å². The maximum atomic E-state index is 3.78. The van der Waals surface area contributed by atoms with Crippen molar-refractivity contribution in [1.82, 2.24) is 10.2 Å². The number of unbranched alkanes of at least 4 members (excludes halogenated alkanes) is 1. The second-order valence-electron chi connectivity index (χ2n) is 6.33. The molecule has 0 amide bonds. The Hall–Kier alpha value is -0.0800. The monoisotopic (exact) mass is 252 g/mol. The van der Waals surface area contributed by atoms with Crippen molar-refractivity contribution >= 4 is 0 Å². The van der Waals surface area contributed by atoms with E-state index in [-0.39, 0.29) is 0 Å². The van der Waals surface area contributed by atoms with Gasteiger partial charge in [0.05, 0.1) is 0 Å². The lowest BCUT2D eigenvalue weighted by Crippen LogP contribution is -2.40. The second kappa shape index (κ2) is 7.49. The Morgan fingerprint density at radius 3 is 2.56 bits per heavy atom. The van der Waals surface area contributed by atoms with E-state index in [1.165, 1.54) is 71.0 Å². The first-order valence-electron chi connectivity index (χ1n) is 8.32. The molecule has 2 heteroatoms. The standard InChI is InChI=1S/C16H32N2/c1-3-5-12-18(15-9-10-15)13-14-7-6-8-16(14)17-11-4-2/h14-17H,3-13H2,1-2H3. The predicted molar refractivity (Wildman–Crippen MR) is 78.9 cm³/mol. The van der Waals surface area contributed by atoms with E-state index in [2.05, 4.69) is 24.1 Å². The minimum absolute atomic E-state index is 0.813. The zero-order valence-electron chi connectivity index (χ0n) is 12.5. The summed E-state index contributed by atoms with van der Waals surface area (Å²) in [5.74, 6) is 0.925. The largest absolute Gasteiger partial charge is 0.314 e. The second-order valence-corrected chi connectivity index (χ2v) is 6.33. The fourth-order valence-corrected chi connectivity index (χ4v) is 3.38. The van der Waals surface area contributed by atoms with E-state index in [0.717, 1.165) is 18.0 Å². The van der Waals surface area contributed by atoms with Gasteiger partial charge in [0.2, 0.25) is 0 Å². The number of hydrogen-bond acceptors (Lipinski definition) is 2. The molecule has 0 bridgehead atoms. The van der Waals surface area contributed by atoms with Gasteiger partial charge in [-0.05, 0) is 57.5 Å². The summed E-state index contributed by atoms with van der Waals surface area (Å²) in [5, 5.41) is 3.78. The molecule has 0 aromatic rings. The fourth-order valence-electron chi connectivity index (χ4n) is 3.38. The van der Waals surface area contributed by atoms with Crippen LogP contribution in [0.3, 0.4) is 0 Å². The molecule has 106 valence electrons. The molecule has 0 radical (unpaired) electrons. The van der Waals surface area contributed by atoms with Crippen molar-refractivity contribution in [1.29, 1.82) is 0 Å². The van der Waals surface area contributed by atoms with Gasteiger partial charge in [-0.2, -0.15) is 0 Å². The maximum Gasteiger partial charge on any atom is 0.0107 e. The van der Waals surface area contributed by atoms with E-state index in [4.69, 9.17) is 0 Å². The summed E-state index contributed by atoms with van der Waals surface area (Å²) >= 11 is 0. The van der Waals surface area contributed by atoms with Crippen molar-refractivity contribution < 1.29 is 0 Å². The van der Waals surface area contributed by atoms with Crippen molar-refractivity contribution in [3.8, 4) is 0 Å². The molecular weight excluding hydrogens is 220 g/mol. The van der Waals surface area contributed by atoms with Crippen molar-refractivity contribution in [3.63, 3.8) is 0 Å². The Kier molecular flexibility index (Phi) is 5.97. The van der Waals surface area contributed by atoms with Crippen LogP contribution in [-0.4, -0.2) is 36.6 Å². The predicted octanol–water partition coefficient (Wildman–Crippen LogP) is 3.42. The van der Waals surface area contributed by atoms with E-state index < -0.39 is 0 Å². The SMILES string of the molecule is CCCCN(CC1CCCC1NCCC)C1CC1. The lowest BCUT2D eigenvalue weighted by molar-refractivity contribution is 0.202. The quantitative estimate of drug-likeness (QED) is 0.676. The molecule has 2 aliphatic rings. The molecule has 2 nitrogen and oxygen atoms in total. The minimum Gasteiger partial charge on any atom is -0.314 e. The van der Waals surface area contributed by atoms with Gasteiger partial charge in [0.1, 0.15) is 0 Å². The number of nitrogens with one attached hydrogen (secondary N) is 1. The normalized spacial score (nSPS) is 28.2. The number of hydrogen-bond donors (Lipinski definition) is 1. The fraction of sp³-hybridized carbons (Fsp3) is 1.00. The molecule has 2 rings (SSSR count). The Balaban J connectivity index is 1.77. The van der Waals surface area contributed by atoms with Gasteiger partial charge in [0.25, 0.3) is 0 Å². The molecule has 2 atom stereocenters. The van der Waals surface area contributed by atoms with Gasteiger partial charge in [0.15, 0.2) is 0 Å². The van der Waals surface area contributed by atoms with Crippen LogP contribution in [0.4, 0.5) is 0 Å². The Labute approximate surface area is 114 Å². The third kappa shape index (κ3) is 4.24. The average Bonchev–Trinajstić information content (AvgIpc) is 3.13. The Morgan fingerprint density at radius 2 is 1.89 bits per heavy atom. The number of rotatable bonds is 9. The molecule has 1 N–H and O–H groups in total. The van der Waals surface area contributed by atoms with Crippen LogP contribution in [0.25, 0.3) is 0 Å². The smallest absolute Gasteiger partial charge is 0.0107 e. The van der Waals surface area contributed by atoms with Crippen molar-refractivity contribution in [3.05, 3.63) is 0 Å². The molecular formula is C16H32N2. The van der Waals surface area contributed by atoms with Gasteiger partial charge in [0, 0.05) is 18.6 Å². The molecule has 2 fully saturated rings. The third-order valence-corrected chi connectivity index (χ3v) is 4.65. The highest BCUT2D eigenvalue weighted by Crippen LogP contribution is 2.32.